The van der Waals surface area contributed by atoms with Gasteiger partial charge >= 0.3 is 6.03 Å². The highest BCUT2D eigenvalue weighted by Gasteiger charge is 2.20. The lowest BCUT2D eigenvalue weighted by Crippen LogP contribution is -2.43. The van der Waals surface area contributed by atoms with E-state index in [0.717, 1.165) is 19.5 Å². The quantitative estimate of drug-likeness (QED) is 0.882. The van der Waals surface area contributed by atoms with Gasteiger partial charge in [0.05, 0.1) is 11.6 Å². The van der Waals surface area contributed by atoms with E-state index in [1.54, 1.807) is 29.2 Å². The number of rotatable bonds is 4. The first-order valence-electron chi connectivity index (χ1n) is 7.02. The van der Waals surface area contributed by atoms with E-state index in [4.69, 9.17) is 5.26 Å². The number of nitrogens with zero attached hydrogens (tertiary/aromatic N) is 2. The van der Waals surface area contributed by atoms with Crippen LogP contribution >= 0.6 is 0 Å². The number of nitrogens with one attached hydrogen (secondary N) is 2. The SMILES string of the molecule is CCN(CC1CCCN1)C(=O)Nc1cccc(C#N)c1. The van der Waals surface area contributed by atoms with E-state index in [2.05, 4.69) is 16.7 Å². The summed E-state index contributed by atoms with van der Waals surface area (Å²) >= 11 is 0. The van der Waals surface area contributed by atoms with Crippen molar-refractivity contribution in [3.05, 3.63) is 29.8 Å². The minimum Gasteiger partial charge on any atom is -0.323 e. The number of carbonyl (C=O) groups excluding carboxylic acids is 1. The fourth-order valence-corrected chi connectivity index (χ4v) is 2.40. The van der Waals surface area contributed by atoms with Crippen LogP contribution in [0.2, 0.25) is 0 Å². The monoisotopic (exact) mass is 272 g/mol. The molecule has 5 nitrogen and oxygen atoms in total. The molecule has 0 saturated carbocycles. The summed E-state index contributed by atoms with van der Waals surface area (Å²) in [6, 6.07) is 9.30. The van der Waals surface area contributed by atoms with Crippen LogP contribution in [0.4, 0.5) is 10.5 Å². The van der Waals surface area contributed by atoms with Crippen molar-refractivity contribution < 1.29 is 4.79 Å². The number of hydrogen-bond donors (Lipinski definition) is 2. The first kappa shape index (κ1) is 14.4. The van der Waals surface area contributed by atoms with Gasteiger partial charge in [0.2, 0.25) is 0 Å². The van der Waals surface area contributed by atoms with E-state index in [-0.39, 0.29) is 6.03 Å². The van der Waals surface area contributed by atoms with E-state index in [0.29, 0.717) is 23.8 Å². The number of nitriles is 1. The number of likely N-dealkylation sites (N-methyl/N-ethyl adjacent to an activating group) is 1. The topological polar surface area (TPSA) is 68.2 Å². The molecule has 1 aromatic carbocycles. The molecule has 20 heavy (non-hydrogen) atoms. The predicted octanol–water partition coefficient (Wildman–Crippen LogP) is 2.16. The van der Waals surface area contributed by atoms with Gasteiger partial charge in [0.15, 0.2) is 0 Å². The lowest BCUT2D eigenvalue weighted by atomic mass is 10.2. The fraction of sp³-hybridized carbons (Fsp3) is 0.467. The van der Waals surface area contributed by atoms with Crippen LogP contribution in [0, 0.1) is 11.3 Å². The summed E-state index contributed by atoms with van der Waals surface area (Å²) in [4.78, 5) is 14.0. The third-order valence-electron chi connectivity index (χ3n) is 3.52. The Kier molecular flexibility index (Phi) is 4.97. The average molecular weight is 272 g/mol. The van der Waals surface area contributed by atoms with E-state index in [1.165, 1.54) is 6.42 Å². The van der Waals surface area contributed by atoms with E-state index in [1.807, 2.05) is 6.92 Å². The Bertz CT molecular complexity index is 503. The molecule has 1 atom stereocenters. The molecule has 2 rings (SSSR count). The summed E-state index contributed by atoms with van der Waals surface area (Å²) in [6.07, 6.45) is 2.29. The molecule has 106 valence electrons. The van der Waals surface area contributed by atoms with Crippen molar-refractivity contribution in [1.82, 2.24) is 10.2 Å². The molecule has 2 amide bonds. The number of benzene rings is 1. The van der Waals surface area contributed by atoms with Crippen molar-refractivity contribution >= 4 is 11.7 Å². The van der Waals surface area contributed by atoms with Gasteiger partial charge in [-0.15, -0.1) is 0 Å². The molecule has 0 aliphatic carbocycles. The maximum atomic E-state index is 12.2. The predicted molar refractivity (Wildman–Crippen MR) is 78.4 cm³/mol. The summed E-state index contributed by atoms with van der Waals surface area (Å²) in [6.45, 7) is 4.40. The normalized spacial score (nSPS) is 17.5. The summed E-state index contributed by atoms with van der Waals surface area (Å²) in [5, 5.41) is 15.1. The highest BCUT2D eigenvalue weighted by Crippen LogP contribution is 2.12. The van der Waals surface area contributed by atoms with Crippen LogP contribution < -0.4 is 10.6 Å². The molecule has 1 saturated heterocycles. The minimum atomic E-state index is -0.115. The van der Waals surface area contributed by atoms with Crippen molar-refractivity contribution in [1.29, 1.82) is 5.26 Å². The molecule has 0 bridgehead atoms. The summed E-state index contributed by atoms with van der Waals surface area (Å²) in [7, 11) is 0. The highest BCUT2D eigenvalue weighted by molar-refractivity contribution is 5.89. The molecule has 0 radical (unpaired) electrons. The average Bonchev–Trinajstić information content (AvgIpc) is 2.97. The Morgan fingerprint density at radius 2 is 2.45 bits per heavy atom. The Balaban J connectivity index is 1.95. The minimum absolute atomic E-state index is 0.115. The number of urea groups is 1. The third kappa shape index (κ3) is 3.72. The second-order valence-electron chi connectivity index (χ2n) is 4.95. The number of amides is 2. The Hall–Kier alpha value is -2.06. The van der Waals surface area contributed by atoms with Gasteiger partial charge in [0.25, 0.3) is 0 Å². The first-order chi connectivity index (χ1) is 9.72. The zero-order valence-corrected chi connectivity index (χ0v) is 11.7. The smallest absolute Gasteiger partial charge is 0.321 e. The molecule has 1 heterocycles. The second kappa shape index (κ2) is 6.92. The zero-order chi connectivity index (χ0) is 14.4. The zero-order valence-electron chi connectivity index (χ0n) is 11.7. The van der Waals surface area contributed by atoms with Crippen molar-refractivity contribution in [2.75, 3.05) is 25.0 Å². The van der Waals surface area contributed by atoms with Gasteiger partial charge in [0.1, 0.15) is 0 Å². The van der Waals surface area contributed by atoms with Gasteiger partial charge in [0, 0.05) is 24.8 Å². The third-order valence-corrected chi connectivity index (χ3v) is 3.52. The molecular weight excluding hydrogens is 252 g/mol. The number of anilines is 1. The van der Waals surface area contributed by atoms with E-state index < -0.39 is 0 Å². The number of hydrogen-bond acceptors (Lipinski definition) is 3. The van der Waals surface area contributed by atoms with Crippen LogP contribution in [0.1, 0.15) is 25.3 Å². The molecule has 1 aliphatic heterocycles. The van der Waals surface area contributed by atoms with Crippen molar-refractivity contribution in [3.8, 4) is 6.07 Å². The largest absolute Gasteiger partial charge is 0.323 e. The summed E-state index contributed by atoms with van der Waals surface area (Å²) < 4.78 is 0. The molecule has 5 heteroatoms. The van der Waals surface area contributed by atoms with Crippen LogP contribution in [0.5, 0.6) is 0 Å². The standard InChI is InChI=1S/C15H20N4O/c1-2-19(11-14-7-4-8-17-14)15(20)18-13-6-3-5-12(9-13)10-16/h3,5-6,9,14,17H,2,4,7-8,11H2,1H3,(H,18,20). The van der Waals surface area contributed by atoms with Crippen LogP contribution in [0.3, 0.4) is 0 Å². The van der Waals surface area contributed by atoms with Gasteiger partial charge in [-0.05, 0) is 44.5 Å². The van der Waals surface area contributed by atoms with Crippen molar-refractivity contribution in [2.24, 2.45) is 0 Å². The molecular formula is C15H20N4O. The van der Waals surface area contributed by atoms with E-state index in [9.17, 15) is 4.79 Å². The van der Waals surface area contributed by atoms with Gasteiger partial charge in [-0.25, -0.2) is 4.79 Å². The van der Waals surface area contributed by atoms with Gasteiger partial charge in [-0.3, -0.25) is 0 Å². The molecule has 0 spiro atoms. The number of carbonyl (C=O) groups is 1. The Labute approximate surface area is 119 Å². The van der Waals surface area contributed by atoms with Gasteiger partial charge in [-0.2, -0.15) is 5.26 Å². The van der Waals surface area contributed by atoms with Gasteiger partial charge in [-0.1, -0.05) is 6.07 Å². The van der Waals surface area contributed by atoms with Crippen LogP contribution in [-0.4, -0.2) is 36.6 Å². The van der Waals surface area contributed by atoms with Crippen LogP contribution in [0.15, 0.2) is 24.3 Å². The Morgan fingerprint density at radius 3 is 3.10 bits per heavy atom. The first-order valence-corrected chi connectivity index (χ1v) is 7.02. The van der Waals surface area contributed by atoms with Crippen molar-refractivity contribution in [3.63, 3.8) is 0 Å². The van der Waals surface area contributed by atoms with Crippen molar-refractivity contribution in [2.45, 2.75) is 25.8 Å². The summed E-state index contributed by atoms with van der Waals surface area (Å²) in [5.74, 6) is 0. The van der Waals surface area contributed by atoms with E-state index >= 15 is 0 Å². The molecule has 1 unspecified atom stereocenters. The maximum Gasteiger partial charge on any atom is 0.321 e. The highest BCUT2D eigenvalue weighted by atomic mass is 16.2. The second-order valence-corrected chi connectivity index (χ2v) is 4.95. The summed E-state index contributed by atoms with van der Waals surface area (Å²) in [5.41, 5.74) is 1.20. The molecule has 2 N–H and O–H groups in total. The molecule has 1 aliphatic rings. The Morgan fingerprint density at radius 1 is 1.60 bits per heavy atom. The lowest BCUT2D eigenvalue weighted by molar-refractivity contribution is 0.209. The molecule has 1 fully saturated rings. The van der Waals surface area contributed by atoms with Gasteiger partial charge < -0.3 is 15.5 Å². The molecule has 1 aromatic rings. The molecule has 0 aromatic heterocycles. The maximum absolute atomic E-state index is 12.2. The van der Waals surface area contributed by atoms with Crippen LogP contribution in [0.25, 0.3) is 0 Å². The lowest BCUT2D eigenvalue weighted by Gasteiger charge is -2.24. The fourth-order valence-electron chi connectivity index (χ4n) is 2.40. The van der Waals surface area contributed by atoms with Crippen LogP contribution in [-0.2, 0) is 0 Å².